The van der Waals surface area contributed by atoms with E-state index in [1.807, 2.05) is 36.9 Å². The highest BCUT2D eigenvalue weighted by atomic mass is 19.1. The third-order valence-electron chi connectivity index (χ3n) is 5.59. The maximum absolute atomic E-state index is 14.9. The molecular formula is C22H35FN4O3. The number of aliphatic hydroxyl groups excluding tert-OH is 1. The molecule has 0 bridgehead atoms. The Kier molecular flexibility index (Phi) is 6.50. The molecule has 4 N–H and O–H groups in total. The molecule has 2 heterocycles. The van der Waals surface area contributed by atoms with E-state index >= 15 is 0 Å². The second-order valence-corrected chi connectivity index (χ2v) is 9.76. The summed E-state index contributed by atoms with van der Waals surface area (Å²) in [6, 6.07) is 3.29. The van der Waals surface area contributed by atoms with Crippen LogP contribution in [0, 0.1) is 16.6 Å². The van der Waals surface area contributed by atoms with Crippen molar-refractivity contribution >= 4 is 17.1 Å². The number of halogens is 1. The highest BCUT2D eigenvalue weighted by Crippen LogP contribution is 2.38. The number of nitrogens with zero attached hydrogens (tertiary/aromatic N) is 2. The van der Waals surface area contributed by atoms with Gasteiger partial charge in [0.2, 0.25) is 0 Å². The number of rotatable bonds is 7. The number of benzene rings is 1. The highest BCUT2D eigenvalue weighted by Gasteiger charge is 2.39. The number of ether oxygens (including phenoxy) is 2. The molecule has 1 aromatic carbocycles. The summed E-state index contributed by atoms with van der Waals surface area (Å²) in [5, 5.41) is 12.6. The van der Waals surface area contributed by atoms with Gasteiger partial charge in [0.15, 0.2) is 6.29 Å². The molecule has 7 nitrogen and oxygen atoms in total. The van der Waals surface area contributed by atoms with Gasteiger partial charge in [-0.2, -0.15) is 0 Å². The molecular weight excluding hydrogens is 387 g/mol. The molecule has 1 aromatic rings. The van der Waals surface area contributed by atoms with Crippen molar-refractivity contribution in [3.8, 4) is 0 Å². The van der Waals surface area contributed by atoms with Gasteiger partial charge < -0.3 is 35.4 Å². The fraction of sp³-hybridized carbons (Fsp3) is 0.636. The van der Waals surface area contributed by atoms with Crippen molar-refractivity contribution in [2.24, 2.45) is 16.6 Å². The molecule has 2 fully saturated rings. The fourth-order valence-electron chi connectivity index (χ4n) is 3.73. The standard InChI is InChI=1S/C22H35FN4O3/c1-21(2)13-29-20(30-14-21)9-25-8-17(24)15-6-16(23)19(7-18(15)26(4)5)27-10-22(3,11-27)12-28/h6-8,20,25,28H,9-14,24H2,1-5H3/b17-8-. The minimum atomic E-state index is -0.332. The number of hydrogen-bond donors (Lipinski definition) is 3. The molecule has 8 heteroatoms. The Labute approximate surface area is 178 Å². The van der Waals surface area contributed by atoms with Crippen LogP contribution in [0.4, 0.5) is 15.8 Å². The molecule has 30 heavy (non-hydrogen) atoms. The summed E-state index contributed by atoms with van der Waals surface area (Å²) in [5.41, 5.74) is 8.53. The Morgan fingerprint density at radius 2 is 1.93 bits per heavy atom. The Bertz CT molecular complexity index is 781. The van der Waals surface area contributed by atoms with Gasteiger partial charge >= 0.3 is 0 Å². The van der Waals surface area contributed by atoms with Crippen molar-refractivity contribution in [3.63, 3.8) is 0 Å². The zero-order chi connectivity index (χ0) is 22.1. The topological polar surface area (TPSA) is 83.2 Å². The van der Waals surface area contributed by atoms with E-state index < -0.39 is 0 Å². The Morgan fingerprint density at radius 1 is 1.30 bits per heavy atom. The summed E-state index contributed by atoms with van der Waals surface area (Å²) < 4.78 is 26.3. The molecule has 0 spiro atoms. The molecule has 0 aromatic heterocycles. The normalized spacial score (nSPS) is 21.3. The molecule has 168 valence electrons. The maximum atomic E-state index is 14.9. The zero-order valence-corrected chi connectivity index (χ0v) is 18.7. The van der Waals surface area contributed by atoms with E-state index in [0.717, 1.165) is 5.69 Å². The first-order chi connectivity index (χ1) is 14.0. The molecule has 3 rings (SSSR count). The lowest BCUT2D eigenvalue weighted by Crippen LogP contribution is -2.57. The van der Waals surface area contributed by atoms with Crippen LogP contribution in [0.15, 0.2) is 18.3 Å². The van der Waals surface area contributed by atoms with Crippen LogP contribution >= 0.6 is 0 Å². The highest BCUT2D eigenvalue weighted by molar-refractivity contribution is 5.78. The first-order valence-corrected chi connectivity index (χ1v) is 10.3. The van der Waals surface area contributed by atoms with Crippen molar-refractivity contribution in [2.45, 2.75) is 27.1 Å². The van der Waals surface area contributed by atoms with E-state index in [4.69, 9.17) is 15.2 Å². The molecule has 0 amide bonds. The van der Waals surface area contributed by atoms with Gasteiger partial charge in [-0.3, -0.25) is 0 Å². The second-order valence-electron chi connectivity index (χ2n) is 9.76. The average Bonchev–Trinajstić information content (AvgIpc) is 2.66. The number of hydrogen-bond acceptors (Lipinski definition) is 7. The summed E-state index contributed by atoms with van der Waals surface area (Å²) in [6.45, 7) is 9.27. The van der Waals surface area contributed by atoms with E-state index in [1.54, 1.807) is 6.20 Å². The monoisotopic (exact) mass is 422 g/mol. The number of nitrogens with one attached hydrogen (secondary N) is 1. The Morgan fingerprint density at radius 3 is 2.50 bits per heavy atom. The molecule has 0 atom stereocenters. The van der Waals surface area contributed by atoms with Gasteiger partial charge in [-0.05, 0) is 12.1 Å². The molecule has 0 saturated carbocycles. The fourth-order valence-corrected chi connectivity index (χ4v) is 3.73. The quantitative estimate of drug-likeness (QED) is 0.620. The predicted octanol–water partition coefficient (Wildman–Crippen LogP) is 1.96. The van der Waals surface area contributed by atoms with Crippen LogP contribution in [0.1, 0.15) is 26.3 Å². The minimum Gasteiger partial charge on any atom is -0.397 e. The van der Waals surface area contributed by atoms with E-state index in [9.17, 15) is 9.50 Å². The zero-order valence-electron chi connectivity index (χ0n) is 18.7. The summed E-state index contributed by atoms with van der Waals surface area (Å²) in [5.74, 6) is -0.326. The smallest absolute Gasteiger partial charge is 0.174 e. The summed E-state index contributed by atoms with van der Waals surface area (Å²) in [4.78, 5) is 3.86. The number of nitrogens with two attached hydrogens (primary N) is 1. The van der Waals surface area contributed by atoms with Crippen LogP contribution < -0.4 is 20.9 Å². The van der Waals surface area contributed by atoms with Gasteiger partial charge in [0, 0.05) is 55.5 Å². The first kappa shape index (κ1) is 22.7. The third kappa shape index (κ3) is 4.99. The van der Waals surface area contributed by atoms with E-state index in [1.165, 1.54) is 6.07 Å². The van der Waals surface area contributed by atoms with Crippen LogP contribution in [0.25, 0.3) is 5.70 Å². The van der Waals surface area contributed by atoms with Gasteiger partial charge in [0.05, 0.1) is 37.7 Å². The second kappa shape index (κ2) is 8.61. The minimum absolute atomic E-state index is 0.0241. The van der Waals surface area contributed by atoms with Crippen molar-refractivity contribution in [3.05, 3.63) is 29.7 Å². The van der Waals surface area contributed by atoms with E-state index in [2.05, 4.69) is 19.2 Å². The molecule has 0 radical (unpaired) electrons. The predicted molar refractivity (Wildman–Crippen MR) is 118 cm³/mol. The third-order valence-corrected chi connectivity index (χ3v) is 5.59. The molecule has 2 aliphatic heterocycles. The van der Waals surface area contributed by atoms with E-state index in [-0.39, 0.29) is 29.5 Å². The van der Waals surface area contributed by atoms with Gasteiger partial charge in [0.1, 0.15) is 5.82 Å². The van der Waals surface area contributed by atoms with Crippen LogP contribution in [-0.2, 0) is 9.47 Å². The van der Waals surface area contributed by atoms with E-state index in [0.29, 0.717) is 49.8 Å². The van der Waals surface area contributed by atoms with Crippen LogP contribution in [0.5, 0.6) is 0 Å². The SMILES string of the molecule is CN(C)c1cc(N2CC(C)(CO)C2)c(F)cc1/C(N)=C/NCC1OCC(C)(C)CO1. The van der Waals surface area contributed by atoms with Crippen LogP contribution in [-0.4, -0.2) is 64.9 Å². The van der Waals surface area contributed by atoms with Crippen molar-refractivity contribution < 1.29 is 19.0 Å². The molecule has 0 aliphatic carbocycles. The first-order valence-electron chi connectivity index (χ1n) is 10.3. The van der Waals surface area contributed by atoms with Gasteiger partial charge in [0.25, 0.3) is 0 Å². The number of anilines is 2. The Balaban J connectivity index is 1.70. The summed E-state index contributed by atoms with van der Waals surface area (Å²) in [7, 11) is 3.81. The molecule has 0 unspecified atom stereocenters. The molecule has 2 aliphatic rings. The van der Waals surface area contributed by atoms with Gasteiger partial charge in [-0.1, -0.05) is 20.8 Å². The van der Waals surface area contributed by atoms with Gasteiger partial charge in [-0.25, -0.2) is 4.39 Å². The lowest BCUT2D eigenvalue weighted by Gasteiger charge is -2.48. The van der Waals surface area contributed by atoms with Crippen molar-refractivity contribution in [1.29, 1.82) is 0 Å². The molecule has 2 saturated heterocycles. The average molecular weight is 423 g/mol. The van der Waals surface area contributed by atoms with Crippen molar-refractivity contribution in [1.82, 2.24) is 5.32 Å². The Hall–Kier alpha value is -2.03. The number of aliphatic hydroxyl groups is 1. The summed E-state index contributed by atoms with van der Waals surface area (Å²) >= 11 is 0. The van der Waals surface area contributed by atoms with Crippen LogP contribution in [0.2, 0.25) is 0 Å². The summed E-state index contributed by atoms with van der Waals surface area (Å²) in [6.07, 6.45) is 1.34. The van der Waals surface area contributed by atoms with Crippen LogP contribution in [0.3, 0.4) is 0 Å². The van der Waals surface area contributed by atoms with Gasteiger partial charge in [-0.15, -0.1) is 0 Å². The largest absolute Gasteiger partial charge is 0.397 e. The lowest BCUT2D eigenvalue weighted by molar-refractivity contribution is -0.217. The van der Waals surface area contributed by atoms with Crippen molar-refractivity contribution in [2.75, 3.05) is 63.4 Å². The maximum Gasteiger partial charge on any atom is 0.174 e. The lowest BCUT2D eigenvalue weighted by atomic mass is 9.82.